The zero-order chi connectivity index (χ0) is 44.1. The van der Waals surface area contributed by atoms with Crippen molar-refractivity contribution in [3.8, 4) is 22.9 Å². The van der Waals surface area contributed by atoms with Crippen LogP contribution in [0.5, 0.6) is 0 Å². The fourth-order valence-corrected chi connectivity index (χ4v) is 10.1. The van der Waals surface area contributed by atoms with E-state index in [9.17, 15) is 4.79 Å². The molecule has 13 nitrogen and oxygen atoms in total. The van der Waals surface area contributed by atoms with Crippen LogP contribution in [0, 0.1) is 39.3 Å². The minimum atomic E-state index is -0.296. The normalized spacial score (nSPS) is 19.2. The number of ketones is 1. The number of halogens is 2. The number of aryl methyl sites for hydroxylation is 4. The van der Waals surface area contributed by atoms with Crippen LogP contribution in [0.1, 0.15) is 123 Å². The predicted molar refractivity (Wildman–Crippen MR) is 241 cm³/mol. The number of piperidine rings is 2. The zero-order valence-corrected chi connectivity index (χ0v) is 37.3. The van der Waals surface area contributed by atoms with E-state index in [-0.39, 0.29) is 17.4 Å². The summed E-state index contributed by atoms with van der Waals surface area (Å²) < 4.78 is 47.1. The Morgan fingerprint density at radius 3 is 1.47 bits per heavy atom. The number of aromatic nitrogens is 6. The summed E-state index contributed by atoms with van der Waals surface area (Å²) in [7, 11) is 0. The van der Waals surface area contributed by atoms with Crippen LogP contribution in [-0.4, -0.2) is 87.5 Å². The van der Waals surface area contributed by atoms with Gasteiger partial charge in [-0.2, -0.15) is 9.97 Å². The Kier molecular flexibility index (Phi) is 11.9. The van der Waals surface area contributed by atoms with E-state index in [1.165, 1.54) is 12.8 Å². The number of nitrogens with zero attached hydrogens (tertiary/aromatic N) is 8. The fraction of sp³-hybridized carbons (Fsp3) is 0.531. The average Bonchev–Trinajstić information content (AvgIpc) is 3.88. The first-order valence-electron chi connectivity index (χ1n) is 23.3. The van der Waals surface area contributed by atoms with E-state index in [2.05, 4.69) is 42.6 Å². The largest absolute Gasteiger partial charge is 0.381 e. The predicted octanol–water partition coefficient (Wildman–Crippen LogP) is 9.52. The molecule has 5 aliphatic rings. The van der Waals surface area contributed by atoms with Gasteiger partial charge in [0.25, 0.3) is 11.8 Å². The number of benzene rings is 2. The van der Waals surface area contributed by atoms with Crippen LogP contribution >= 0.6 is 0 Å². The number of hydrogen-bond donors (Lipinski definition) is 1. The van der Waals surface area contributed by atoms with Crippen LogP contribution in [-0.2, 0) is 9.53 Å². The van der Waals surface area contributed by atoms with Gasteiger partial charge in [-0.15, -0.1) is 0 Å². The summed E-state index contributed by atoms with van der Waals surface area (Å²) in [4.78, 5) is 34.6. The molecule has 5 fully saturated rings. The minimum Gasteiger partial charge on any atom is -0.381 e. The lowest BCUT2D eigenvalue weighted by Crippen LogP contribution is -2.48. The Hall–Kier alpha value is -5.41. The maximum absolute atomic E-state index is 15.4. The van der Waals surface area contributed by atoms with Crippen LogP contribution in [0.25, 0.3) is 44.7 Å². The summed E-state index contributed by atoms with van der Waals surface area (Å²) in [6.07, 6.45) is 12.0. The van der Waals surface area contributed by atoms with Crippen molar-refractivity contribution in [2.24, 2.45) is 0 Å². The number of hydrogen-bond acceptors (Lipinski definition) is 13. The van der Waals surface area contributed by atoms with Crippen molar-refractivity contribution in [3.63, 3.8) is 0 Å². The lowest BCUT2D eigenvalue weighted by molar-refractivity contribution is -0.119. The first-order chi connectivity index (χ1) is 31.1. The molecule has 3 saturated heterocycles. The molecule has 6 aromatic rings. The van der Waals surface area contributed by atoms with Gasteiger partial charge < -0.3 is 28.9 Å². The van der Waals surface area contributed by atoms with Crippen LogP contribution in [0.3, 0.4) is 0 Å². The third-order valence-electron chi connectivity index (χ3n) is 14.4. The second-order valence-electron chi connectivity index (χ2n) is 18.6. The van der Waals surface area contributed by atoms with Crippen molar-refractivity contribution >= 4 is 39.2 Å². The standard InChI is InChI=1S/C27H34FN5O2.C22H23FN4O2/c1-16-22-14-19(18-4-3-5-18)15-23(28)25(22)31-26(24(16)27-29-17(2)32-35-27)33-10-6-20(7-11-33)30-21-8-12-34-13-9-21;1-12-17-10-15(14-4-3-5-14)11-18(23)20(17)25-21(27-8-6-16(28)7-9-27)19(12)22-24-13(2)26-29-22/h14-15,18,20-21,30H,3-13H2,1-2H3;10-11,14H,3-9H2,1-2H3. The highest BCUT2D eigenvalue weighted by atomic mass is 19.1. The Morgan fingerprint density at radius 2 is 1.05 bits per heavy atom. The van der Waals surface area contributed by atoms with Gasteiger partial charge in [0.2, 0.25) is 0 Å². The molecule has 0 spiro atoms. The molecule has 15 heteroatoms. The third-order valence-corrected chi connectivity index (χ3v) is 14.4. The number of anilines is 2. The monoisotopic (exact) mass is 873 g/mol. The molecule has 2 aliphatic carbocycles. The summed E-state index contributed by atoms with van der Waals surface area (Å²) in [5.41, 5.74) is 6.31. The van der Waals surface area contributed by atoms with Crippen LogP contribution in [0.4, 0.5) is 20.4 Å². The quantitative estimate of drug-likeness (QED) is 0.155. The molecule has 3 aliphatic heterocycles. The van der Waals surface area contributed by atoms with E-state index >= 15 is 8.78 Å². The van der Waals surface area contributed by atoms with E-state index in [0.29, 0.717) is 90.1 Å². The minimum absolute atomic E-state index is 0.238. The van der Waals surface area contributed by atoms with Crippen LogP contribution < -0.4 is 15.1 Å². The SMILES string of the molecule is Cc1noc(-c2c(N3CCC(=O)CC3)nc3c(F)cc(C4CCC4)cc3c2C)n1.Cc1noc(-c2c(N3CCC(NC4CCOCC4)CC3)nc3c(F)cc(C4CCC4)cc3c2C)n1. The van der Waals surface area contributed by atoms with Gasteiger partial charge in [-0.3, -0.25) is 4.79 Å². The van der Waals surface area contributed by atoms with Gasteiger partial charge in [-0.05, 0) is 137 Å². The number of carbonyl (C=O) groups excluding carboxylic acids is 1. The zero-order valence-electron chi connectivity index (χ0n) is 37.3. The number of Topliss-reactive ketones (excluding diaryl/α,β-unsaturated/α-hetero) is 1. The van der Waals surface area contributed by atoms with Gasteiger partial charge in [0.15, 0.2) is 11.6 Å². The number of pyridine rings is 2. The molecule has 0 atom stereocenters. The number of carbonyl (C=O) groups is 1. The lowest BCUT2D eigenvalue weighted by Gasteiger charge is -2.37. The maximum atomic E-state index is 15.4. The molecular weight excluding hydrogens is 817 g/mol. The molecule has 0 amide bonds. The van der Waals surface area contributed by atoms with Crippen molar-refractivity contribution in [1.82, 2.24) is 35.6 Å². The van der Waals surface area contributed by atoms with E-state index in [4.69, 9.17) is 23.8 Å². The Morgan fingerprint density at radius 1 is 0.594 bits per heavy atom. The van der Waals surface area contributed by atoms with Crippen molar-refractivity contribution in [2.75, 3.05) is 49.2 Å². The molecule has 64 heavy (non-hydrogen) atoms. The second-order valence-corrected chi connectivity index (χ2v) is 18.6. The molecule has 7 heterocycles. The van der Waals surface area contributed by atoms with Crippen LogP contribution in [0.15, 0.2) is 33.3 Å². The Balaban J connectivity index is 0.000000154. The van der Waals surface area contributed by atoms with Gasteiger partial charge in [0.1, 0.15) is 40.1 Å². The summed E-state index contributed by atoms with van der Waals surface area (Å²) >= 11 is 0. The molecule has 0 radical (unpaired) electrons. The highest BCUT2D eigenvalue weighted by molar-refractivity contribution is 5.95. The fourth-order valence-electron chi connectivity index (χ4n) is 10.1. The molecular formula is C49H57F2N9O4. The molecule has 0 bridgehead atoms. The topological polar surface area (TPSA) is 148 Å². The van der Waals surface area contributed by atoms with Gasteiger partial charge in [0.05, 0.1) is 11.1 Å². The lowest BCUT2D eigenvalue weighted by atomic mass is 9.79. The van der Waals surface area contributed by atoms with Crippen molar-refractivity contribution < 1.29 is 27.4 Å². The highest BCUT2D eigenvalue weighted by Crippen LogP contribution is 2.44. The molecule has 336 valence electrons. The molecule has 2 aromatic carbocycles. The van der Waals surface area contributed by atoms with Crippen molar-refractivity contribution in [1.29, 1.82) is 0 Å². The van der Waals surface area contributed by atoms with Gasteiger partial charge in [-0.1, -0.05) is 23.2 Å². The summed E-state index contributed by atoms with van der Waals surface area (Å²) in [6.45, 7) is 12.1. The number of ether oxygens (including phenoxy) is 1. The van der Waals surface area contributed by atoms with Crippen LogP contribution in [0.2, 0.25) is 0 Å². The molecule has 11 rings (SSSR count). The molecule has 0 unspecified atom stereocenters. The van der Waals surface area contributed by atoms with E-state index < -0.39 is 0 Å². The van der Waals surface area contributed by atoms with Gasteiger partial charge in [0, 0.05) is 75.1 Å². The van der Waals surface area contributed by atoms with E-state index in [0.717, 1.165) is 128 Å². The smallest absolute Gasteiger partial charge is 0.261 e. The maximum Gasteiger partial charge on any atom is 0.261 e. The highest BCUT2D eigenvalue weighted by Gasteiger charge is 2.31. The average molecular weight is 874 g/mol. The van der Waals surface area contributed by atoms with Gasteiger partial charge >= 0.3 is 0 Å². The number of fused-ring (bicyclic) bond motifs is 2. The number of rotatable bonds is 8. The Labute approximate surface area is 371 Å². The van der Waals surface area contributed by atoms with E-state index in [1.807, 2.05) is 25.7 Å². The van der Waals surface area contributed by atoms with Crippen molar-refractivity contribution in [2.45, 2.75) is 129 Å². The number of nitrogens with one attached hydrogen (secondary N) is 1. The van der Waals surface area contributed by atoms with Crippen molar-refractivity contribution in [3.05, 3.63) is 69.8 Å². The summed E-state index contributed by atoms with van der Waals surface area (Å²) in [5.74, 6) is 3.91. The third kappa shape index (κ3) is 8.36. The Bertz CT molecular complexity index is 2690. The summed E-state index contributed by atoms with van der Waals surface area (Å²) in [5, 5.41) is 13.4. The first kappa shape index (κ1) is 42.5. The van der Waals surface area contributed by atoms with Gasteiger partial charge in [-0.25, -0.2) is 18.7 Å². The van der Waals surface area contributed by atoms with E-state index in [1.54, 1.807) is 19.1 Å². The molecule has 4 aromatic heterocycles. The molecule has 1 N–H and O–H groups in total. The first-order valence-corrected chi connectivity index (χ1v) is 23.3. The molecule has 2 saturated carbocycles. The second kappa shape index (κ2) is 17.9. The summed E-state index contributed by atoms with van der Waals surface area (Å²) in [6, 6.07) is 8.55.